The highest BCUT2D eigenvalue weighted by molar-refractivity contribution is 9.10. The highest BCUT2D eigenvalue weighted by Crippen LogP contribution is 2.21. The van der Waals surface area contributed by atoms with Gasteiger partial charge in [-0.15, -0.1) is 0 Å². The van der Waals surface area contributed by atoms with Crippen LogP contribution in [0.2, 0.25) is 0 Å². The molecule has 7 nitrogen and oxygen atoms in total. The first-order chi connectivity index (χ1) is 8.31. The fourth-order valence-electron chi connectivity index (χ4n) is 1.20. The maximum Gasteiger partial charge on any atom is 0.404 e. The van der Waals surface area contributed by atoms with Crippen LogP contribution in [0.15, 0.2) is 10.7 Å². The quantitative estimate of drug-likeness (QED) is 0.661. The molecule has 18 heavy (non-hydrogen) atoms. The molecule has 1 aromatic heterocycles. The van der Waals surface area contributed by atoms with Crippen molar-refractivity contribution in [2.24, 2.45) is 5.92 Å². The van der Waals surface area contributed by atoms with E-state index in [0.717, 1.165) is 0 Å². The molecule has 0 bridgehead atoms. The molecule has 1 rings (SSSR count). The number of aromatic nitrogens is 2. The van der Waals surface area contributed by atoms with Crippen LogP contribution >= 0.6 is 15.9 Å². The average Bonchev–Trinajstić information content (AvgIpc) is 2.58. The monoisotopic (exact) mass is 318 g/mol. The van der Waals surface area contributed by atoms with Crippen molar-refractivity contribution < 1.29 is 9.72 Å². The number of carbonyl (C=O) groups excluding carboxylic acids is 1. The molecule has 1 unspecified atom stereocenters. The summed E-state index contributed by atoms with van der Waals surface area (Å²) in [6.07, 6.45) is 1.41. The Morgan fingerprint density at radius 1 is 1.61 bits per heavy atom. The molecule has 0 saturated heterocycles. The lowest BCUT2D eigenvalue weighted by molar-refractivity contribution is -0.390. The minimum Gasteiger partial charge on any atom is -0.358 e. The van der Waals surface area contributed by atoms with E-state index in [1.54, 1.807) is 0 Å². The summed E-state index contributed by atoms with van der Waals surface area (Å²) in [7, 11) is 0. The third-order valence-electron chi connectivity index (χ3n) is 2.57. The normalized spacial score (nSPS) is 12.5. The summed E-state index contributed by atoms with van der Waals surface area (Å²) >= 11 is 3.03. The predicted molar refractivity (Wildman–Crippen MR) is 69.0 cm³/mol. The minimum absolute atomic E-state index is 0.0382. The van der Waals surface area contributed by atoms with Gasteiger partial charge in [0, 0.05) is 6.04 Å². The second-order valence-corrected chi connectivity index (χ2v) is 5.21. The van der Waals surface area contributed by atoms with Crippen LogP contribution < -0.4 is 5.32 Å². The van der Waals surface area contributed by atoms with Crippen molar-refractivity contribution in [2.75, 3.05) is 0 Å². The van der Waals surface area contributed by atoms with Gasteiger partial charge in [-0.05, 0) is 33.7 Å². The molecule has 0 radical (unpaired) electrons. The molecule has 8 heteroatoms. The summed E-state index contributed by atoms with van der Waals surface area (Å²) < 4.78 is 1.50. The Morgan fingerprint density at radius 3 is 2.67 bits per heavy atom. The lowest BCUT2D eigenvalue weighted by atomic mass is 10.1. The van der Waals surface area contributed by atoms with Crippen molar-refractivity contribution in [1.29, 1.82) is 0 Å². The summed E-state index contributed by atoms with van der Waals surface area (Å²) in [5, 5.41) is 17.1. The van der Waals surface area contributed by atoms with Gasteiger partial charge in [-0.1, -0.05) is 13.8 Å². The van der Waals surface area contributed by atoms with Gasteiger partial charge in [-0.3, -0.25) is 4.79 Å². The first kappa shape index (κ1) is 14.6. The number of nitrogens with zero attached hydrogens (tertiary/aromatic N) is 3. The van der Waals surface area contributed by atoms with Crippen LogP contribution in [0, 0.1) is 16.0 Å². The van der Waals surface area contributed by atoms with Gasteiger partial charge < -0.3 is 15.4 Å². The van der Waals surface area contributed by atoms with Gasteiger partial charge in [0.2, 0.25) is 5.91 Å². The standard InChI is InChI=1S/C10H15BrN4O3/c1-6(2)7(3)12-9(16)5-14-4-8(11)10(13-14)15(17)18/h4,6-7H,5H2,1-3H3,(H,12,16). The number of nitrogens with one attached hydrogen (secondary N) is 1. The molecule has 0 saturated carbocycles. The zero-order valence-electron chi connectivity index (χ0n) is 10.4. The van der Waals surface area contributed by atoms with E-state index in [1.807, 2.05) is 20.8 Å². The Bertz CT molecular complexity index is 458. The van der Waals surface area contributed by atoms with E-state index < -0.39 is 4.92 Å². The van der Waals surface area contributed by atoms with Gasteiger partial charge in [-0.2, -0.15) is 4.68 Å². The third kappa shape index (κ3) is 3.80. The SMILES string of the molecule is CC(C)C(C)NC(=O)Cn1cc(Br)c([N+](=O)[O-])n1. The Morgan fingerprint density at radius 2 is 2.22 bits per heavy atom. The van der Waals surface area contributed by atoms with Gasteiger partial charge >= 0.3 is 5.82 Å². The highest BCUT2D eigenvalue weighted by Gasteiger charge is 2.20. The number of amides is 1. The number of nitro groups is 1. The van der Waals surface area contributed by atoms with Crippen LogP contribution in [0.5, 0.6) is 0 Å². The molecule has 0 fully saturated rings. The van der Waals surface area contributed by atoms with Gasteiger partial charge in [0.1, 0.15) is 11.0 Å². The van der Waals surface area contributed by atoms with E-state index in [0.29, 0.717) is 5.92 Å². The van der Waals surface area contributed by atoms with Crippen molar-refractivity contribution >= 4 is 27.7 Å². The molecular weight excluding hydrogens is 304 g/mol. The number of halogens is 1. The Labute approximate surface area is 113 Å². The molecule has 1 atom stereocenters. The Balaban J connectivity index is 2.65. The van der Waals surface area contributed by atoms with Gasteiger partial charge in [0.05, 0.1) is 11.3 Å². The van der Waals surface area contributed by atoms with E-state index in [-0.39, 0.29) is 28.8 Å². The van der Waals surface area contributed by atoms with Crippen LogP contribution in [-0.4, -0.2) is 26.7 Å². The number of carbonyl (C=O) groups is 1. The molecule has 0 aliphatic rings. The van der Waals surface area contributed by atoms with Crippen LogP contribution in [0.1, 0.15) is 20.8 Å². The highest BCUT2D eigenvalue weighted by atomic mass is 79.9. The zero-order valence-corrected chi connectivity index (χ0v) is 12.0. The van der Waals surface area contributed by atoms with Crippen LogP contribution in [0.3, 0.4) is 0 Å². The predicted octanol–water partition coefficient (Wildman–Crippen LogP) is 1.71. The van der Waals surface area contributed by atoms with Crippen molar-refractivity contribution in [2.45, 2.75) is 33.4 Å². The van der Waals surface area contributed by atoms with Gasteiger partial charge in [0.15, 0.2) is 0 Å². The number of rotatable bonds is 5. The van der Waals surface area contributed by atoms with Crippen LogP contribution in [0.4, 0.5) is 5.82 Å². The molecule has 0 spiro atoms. The summed E-state index contributed by atoms with van der Waals surface area (Å²) in [5.41, 5.74) is 0. The summed E-state index contributed by atoms with van der Waals surface area (Å²) in [4.78, 5) is 21.6. The molecule has 0 aromatic carbocycles. The van der Waals surface area contributed by atoms with E-state index in [9.17, 15) is 14.9 Å². The largest absolute Gasteiger partial charge is 0.404 e. The van der Waals surface area contributed by atoms with E-state index in [1.165, 1.54) is 10.9 Å². The van der Waals surface area contributed by atoms with Gasteiger partial charge in [-0.25, -0.2) is 0 Å². The maximum absolute atomic E-state index is 11.7. The van der Waals surface area contributed by atoms with Crippen molar-refractivity contribution in [3.8, 4) is 0 Å². The Hall–Kier alpha value is -1.44. The van der Waals surface area contributed by atoms with E-state index in [4.69, 9.17) is 0 Å². The molecule has 0 aliphatic heterocycles. The summed E-state index contributed by atoms with van der Waals surface area (Å²) in [6.45, 7) is 5.87. The number of hydrogen-bond acceptors (Lipinski definition) is 4. The van der Waals surface area contributed by atoms with Crippen molar-refractivity contribution in [3.05, 3.63) is 20.8 Å². The zero-order chi connectivity index (χ0) is 13.9. The second-order valence-electron chi connectivity index (χ2n) is 4.36. The molecule has 1 amide bonds. The summed E-state index contributed by atoms with van der Waals surface area (Å²) in [6, 6.07) is 0.0477. The molecule has 1 heterocycles. The molecule has 0 aliphatic carbocycles. The maximum atomic E-state index is 11.7. The topological polar surface area (TPSA) is 90.1 Å². The lowest BCUT2D eigenvalue weighted by Gasteiger charge is -2.16. The first-order valence-electron chi connectivity index (χ1n) is 5.48. The van der Waals surface area contributed by atoms with Crippen LogP contribution in [-0.2, 0) is 11.3 Å². The Kier molecular flexibility index (Phi) is 4.83. The smallest absolute Gasteiger partial charge is 0.358 e. The third-order valence-corrected chi connectivity index (χ3v) is 3.13. The lowest BCUT2D eigenvalue weighted by Crippen LogP contribution is -2.38. The number of hydrogen-bond donors (Lipinski definition) is 1. The minimum atomic E-state index is -0.602. The van der Waals surface area contributed by atoms with Crippen LogP contribution in [0.25, 0.3) is 0 Å². The van der Waals surface area contributed by atoms with Crippen molar-refractivity contribution in [1.82, 2.24) is 15.1 Å². The molecule has 1 N–H and O–H groups in total. The fraction of sp³-hybridized carbons (Fsp3) is 0.600. The summed E-state index contributed by atoms with van der Waals surface area (Å²) in [5.74, 6) is -0.187. The molecular formula is C10H15BrN4O3. The first-order valence-corrected chi connectivity index (χ1v) is 6.27. The van der Waals surface area contributed by atoms with E-state index in [2.05, 4.69) is 26.3 Å². The molecule has 100 valence electrons. The average molecular weight is 319 g/mol. The second kappa shape index (κ2) is 5.94. The molecule has 1 aromatic rings. The fourth-order valence-corrected chi connectivity index (χ4v) is 1.67. The van der Waals surface area contributed by atoms with Gasteiger partial charge in [0.25, 0.3) is 0 Å². The van der Waals surface area contributed by atoms with Crippen molar-refractivity contribution in [3.63, 3.8) is 0 Å². The van der Waals surface area contributed by atoms with E-state index >= 15 is 0 Å².